The Balaban J connectivity index is 1.79. The molecule has 0 aliphatic carbocycles. The molecule has 1 atom stereocenters. The van der Waals surface area contributed by atoms with Crippen LogP contribution in [-0.2, 0) is 4.79 Å². The van der Waals surface area contributed by atoms with Gasteiger partial charge < -0.3 is 15.1 Å². The van der Waals surface area contributed by atoms with Crippen LogP contribution in [0.3, 0.4) is 0 Å². The standard InChI is InChI=1S/C13H25N3O/c1-15-6-3-11(4-7-15)13(17)9-12-10-14-5-8-16(12)2/h11-12,14H,3-10H2,1-2H3. The average Bonchev–Trinajstić information content (AvgIpc) is 2.33. The number of carbonyl (C=O) groups is 1. The Morgan fingerprint density at radius 3 is 2.59 bits per heavy atom. The van der Waals surface area contributed by atoms with E-state index in [1.165, 1.54) is 0 Å². The molecule has 2 saturated heterocycles. The van der Waals surface area contributed by atoms with E-state index < -0.39 is 0 Å². The van der Waals surface area contributed by atoms with E-state index in [1.54, 1.807) is 0 Å². The molecule has 0 radical (unpaired) electrons. The molecule has 2 aliphatic heterocycles. The zero-order chi connectivity index (χ0) is 12.3. The number of piperidine rings is 1. The molecule has 98 valence electrons. The van der Waals surface area contributed by atoms with Crippen LogP contribution in [0.5, 0.6) is 0 Å². The van der Waals surface area contributed by atoms with Gasteiger partial charge in [-0.05, 0) is 40.0 Å². The molecule has 0 aromatic heterocycles. The van der Waals surface area contributed by atoms with Crippen LogP contribution in [0.25, 0.3) is 0 Å². The van der Waals surface area contributed by atoms with Gasteiger partial charge in [-0.1, -0.05) is 0 Å². The van der Waals surface area contributed by atoms with E-state index in [-0.39, 0.29) is 0 Å². The van der Waals surface area contributed by atoms with Gasteiger partial charge in [0.1, 0.15) is 5.78 Å². The first kappa shape index (κ1) is 13.0. The number of nitrogens with zero attached hydrogens (tertiary/aromatic N) is 2. The Hall–Kier alpha value is -0.450. The minimum atomic E-state index is 0.321. The number of hydrogen-bond donors (Lipinski definition) is 1. The molecule has 0 spiro atoms. The summed E-state index contributed by atoms with van der Waals surface area (Å²) in [5, 5.41) is 3.38. The van der Waals surface area contributed by atoms with E-state index in [2.05, 4.69) is 29.2 Å². The van der Waals surface area contributed by atoms with Crippen LogP contribution in [-0.4, -0.2) is 68.4 Å². The van der Waals surface area contributed by atoms with Gasteiger partial charge in [-0.15, -0.1) is 0 Å². The summed E-state index contributed by atoms with van der Waals surface area (Å²) in [7, 11) is 4.27. The molecule has 2 aliphatic rings. The van der Waals surface area contributed by atoms with Crippen molar-refractivity contribution < 1.29 is 4.79 Å². The number of carbonyl (C=O) groups excluding carboxylic acids is 1. The van der Waals surface area contributed by atoms with Crippen molar-refractivity contribution in [2.24, 2.45) is 5.92 Å². The SMILES string of the molecule is CN1CCC(C(=O)CC2CNCCN2C)CC1. The van der Waals surface area contributed by atoms with Crippen molar-refractivity contribution >= 4 is 5.78 Å². The third-order valence-electron chi connectivity index (χ3n) is 4.26. The Kier molecular flexibility index (Phi) is 4.54. The number of likely N-dealkylation sites (N-methyl/N-ethyl adjacent to an activating group) is 1. The van der Waals surface area contributed by atoms with Crippen molar-refractivity contribution in [3.63, 3.8) is 0 Å². The van der Waals surface area contributed by atoms with Crippen LogP contribution in [0.1, 0.15) is 19.3 Å². The van der Waals surface area contributed by atoms with Crippen LogP contribution in [0.2, 0.25) is 0 Å². The van der Waals surface area contributed by atoms with E-state index in [0.717, 1.165) is 52.0 Å². The summed E-state index contributed by atoms with van der Waals surface area (Å²) in [6, 6.07) is 0.413. The topological polar surface area (TPSA) is 35.6 Å². The van der Waals surface area contributed by atoms with Crippen LogP contribution < -0.4 is 5.32 Å². The fourth-order valence-electron chi connectivity index (χ4n) is 2.82. The van der Waals surface area contributed by atoms with Crippen molar-refractivity contribution in [2.75, 3.05) is 46.8 Å². The Bertz CT molecular complexity index is 261. The van der Waals surface area contributed by atoms with Gasteiger partial charge in [0.05, 0.1) is 0 Å². The number of hydrogen-bond acceptors (Lipinski definition) is 4. The summed E-state index contributed by atoms with van der Waals surface area (Å²) in [6.45, 7) is 5.24. The minimum Gasteiger partial charge on any atom is -0.314 e. The molecular weight excluding hydrogens is 214 g/mol. The number of piperazine rings is 1. The van der Waals surface area contributed by atoms with Gasteiger partial charge in [0.15, 0.2) is 0 Å². The van der Waals surface area contributed by atoms with Crippen molar-refractivity contribution in [2.45, 2.75) is 25.3 Å². The molecule has 2 rings (SSSR count). The predicted molar refractivity (Wildman–Crippen MR) is 69.1 cm³/mol. The average molecular weight is 239 g/mol. The third-order valence-corrected chi connectivity index (χ3v) is 4.26. The smallest absolute Gasteiger partial charge is 0.137 e. The van der Waals surface area contributed by atoms with E-state index in [4.69, 9.17) is 0 Å². The first-order valence-corrected chi connectivity index (χ1v) is 6.79. The second kappa shape index (κ2) is 5.94. The van der Waals surface area contributed by atoms with Gasteiger partial charge in [0.25, 0.3) is 0 Å². The molecule has 4 nitrogen and oxygen atoms in total. The van der Waals surface area contributed by atoms with Crippen LogP contribution in [0.4, 0.5) is 0 Å². The lowest BCUT2D eigenvalue weighted by Gasteiger charge is -2.34. The molecule has 0 aromatic carbocycles. The molecule has 17 heavy (non-hydrogen) atoms. The van der Waals surface area contributed by atoms with E-state index in [1.807, 2.05) is 0 Å². The molecule has 1 unspecified atom stereocenters. The maximum atomic E-state index is 12.2. The molecule has 1 N–H and O–H groups in total. The molecule has 4 heteroatoms. The molecular formula is C13H25N3O. The predicted octanol–water partition coefficient (Wildman–Crippen LogP) is 0.191. The zero-order valence-corrected chi connectivity index (χ0v) is 11.1. The lowest BCUT2D eigenvalue weighted by atomic mass is 9.89. The first-order valence-electron chi connectivity index (χ1n) is 6.79. The van der Waals surface area contributed by atoms with Crippen LogP contribution in [0, 0.1) is 5.92 Å². The van der Waals surface area contributed by atoms with E-state index >= 15 is 0 Å². The molecule has 2 fully saturated rings. The highest BCUT2D eigenvalue weighted by atomic mass is 16.1. The lowest BCUT2D eigenvalue weighted by Crippen LogP contribution is -2.50. The molecule has 0 amide bonds. The third kappa shape index (κ3) is 3.50. The minimum absolute atomic E-state index is 0.321. The summed E-state index contributed by atoms with van der Waals surface area (Å²) >= 11 is 0. The van der Waals surface area contributed by atoms with Crippen molar-refractivity contribution in [3.05, 3.63) is 0 Å². The summed E-state index contributed by atoms with van der Waals surface area (Å²) in [5.74, 6) is 0.806. The second-order valence-corrected chi connectivity index (χ2v) is 5.59. The normalized spacial score (nSPS) is 29.4. The first-order chi connectivity index (χ1) is 8.16. The summed E-state index contributed by atoms with van der Waals surface area (Å²) < 4.78 is 0. The van der Waals surface area contributed by atoms with Gasteiger partial charge >= 0.3 is 0 Å². The highest BCUT2D eigenvalue weighted by Crippen LogP contribution is 2.20. The summed E-state index contributed by atoms with van der Waals surface area (Å²) in [4.78, 5) is 16.9. The molecule has 2 heterocycles. The van der Waals surface area contributed by atoms with Gasteiger partial charge in [-0.3, -0.25) is 4.79 Å². The van der Waals surface area contributed by atoms with Crippen LogP contribution in [0.15, 0.2) is 0 Å². The quantitative estimate of drug-likeness (QED) is 0.763. The van der Waals surface area contributed by atoms with E-state index in [9.17, 15) is 4.79 Å². The highest BCUT2D eigenvalue weighted by molar-refractivity contribution is 5.81. The van der Waals surface area contributed by atoms with Gasteiger partial charge in [-0.2, -0.15) is 0 Å². The fraction of sp³-hybridized carbons (Fsp3) is 0.923. The maximum absolute atomic E-state index is 12.2. The molecule has 0 saturated carbocycles. The Morgan fingerprint density at radius 2 is 1.94 bits per heavy atom. The number of rotatable bonds is 3. The zero-order valence-electron chi connectivity index (χ0n) is 11.1. The Morgan fingerprint density at radius 1 is 1.24 bits per heavy atom. The largest absolute Gasteiger partial charge is 0.314 e. The maximum Gasteiger partial charge on any atom is 0.137 e. The molecule has 0 bridgehead atoms. The number of likely N-dealkylation sites (tertiary alicyclic amines) is 1. The van der Waals surface area contributed by atoms with Crippen molar-refractivity contribution in [1.82, 2.24) is 15.1 Å². The van der Waals surface area contributed by atoms with E-state index in [0.29, 0.717) is 17.7 Å². The lowest BCUT2D eigenvalue weighted by molar-refractivity contribution is -0.125. The summed E-state index contributed by atoms with van der Waals surface area (Å²) in [6.07, 6.45) is 2.84. The highest BCUT2D eigenvalue weighted by Gasteiger charge is 2.27. The second-order valence-electron chi connectivity index (χ2n) is 5.59. The number of Topliss-reactive ketones (excluding diaryl/α,β-unsaturated/α-hetero) is 1. The molecule has 0 aromatic rings. The monoisotopic (exact) mass is 239 g/mol. The number of ketones is 1. The van der Waals surface area contributed by atoms with Gasteiger partial charge in [0, 0.05) is 38.0 Å². The number of nitrogens with one attached hydrogen (secondary N) is 1. The fourth-order valence-corrected chi connectivity index (χ4v) is 2.82. The Labute approximate surface area is 104 Å². The summed E-state index contributed by atoms with van der Waals surface area (Å²) in [5.41, 5.74) is 0. The van der Waals surface area contributed by atoms with Crippen molar-refractivity contribution in [1.29, 1.82) is 0 Å². The van der Waals surface area contributed by atoms with Gasteiger partial charge in [0.2, 0.25) is 0 Å². The van der Waals surface area contributed by atoms with Gasteiger partial charge in [-0.25, -0.2) is 0 Å². The van der Waals surface area contributed by atoms with Crippen LogP contribution >= 0.6 is 0 Å². The van der Waals surface area contributed by atoms with Crippen molar-refractivity contribution in [3.8, 4) is 0 Å².